The van der Waals surface area contributed by atoms with Gasteiger partial charge in [0.15, 0.2) is 0 Å². The number of hydrogen-bond donors (Lipinski definition) is 3. The molecule has 0 saturated carbocycles. The second-order valence-corrected chi connectivity index (χ2v) is 4.67. The number of carbonyl (C=O) groups excluding carboxylic acids is 1. The van der Waals surface area contributed by atoms with E-state index in [0.717, 1.165) is 0 Å². The number of amides is 1. The minimum atomic E-state index is -0.809. The molecule has 84 valence electrons. The van der Waals surface area contributed by atoms with E-state index < -0.39 is 17.2 Å². The Bertz CT molecular complexity index is 197. The van der Waals surface area contributed by atoms with Crippen LogP contribution in [0.15, 0.2) is 0 Å². The van der Waals surface area contributed by atoms with Gasteiger partial charge >= 0.3 is 6.09 Å². The van der Waals surface area contributed by atoms with Crippen LogP contribution in [0.5, 0.6) is 0 Å². The van der Waals surface area contributed by atoms with E-state index >= 15 is 0 Å². The highest BCUT2D eigenvalue weighted by Gasteiger charge is 2.21. The Morgan fingerprint density at radius 3 is 2.29 bits per heavy atom. The highest BCUT2D eigenvalue weighted by Crippen LogP contribution is 2.06. The third-order valence-corrected chi connectivity index (χ3v) is 1.40. The van der Waals surface area contributed by atoms with Gasteiger partial charge in [0.25, 0.3) is 0 Å². The normalized spacial score (nSPS) is 15.9. The van der Waals surface area contributed by atoms with Gasteiger partial charge in [-0.15, -0.1) is 0 Å². The quantitative estimate of drug-likeness (QED) is 0.614. The first-order chi connectivity index (χ1) is 6.16. The van der Waals surface area contributed by atoms with Gasteiger partial charge in [0.05, 0.1) is 12.1 Å². The fourth-order valence-corrected chi connectivity index (χ4v) is 0.644. The lowest BCUT2D eigenvalue weighted by atomic mass is 10.1. The summed E-state index contributed by atoms with van der Waals surface area (Å²) in [6.07, 6.45) is -0.525. The molecule has 0 radical (unpaired) electrons. The molecule has 1 unspecified atom stereocenters. The first-order valence-corrected chi connectivity index (χ1v) is 4.53. The summed E-state index contributed by atoms with van der Waals surface area (Å²) in [6, 6.07) is 0. The first-order valence-electron chi connectivity index (χ1n) is 4.53. The van der Waals surface area contributed by atoms with E-state index in [2.05, 4.69) is 5.32 Å². The van der Waals surface area contributed by atoms with Crippen LogP contribution in [0.1, 0.15) is 27.7 Å². The fraction of sp³-hybridized carbons (Fsp3) is 0.889. The molecule has 0 aromatic heterocycles. The minimum absolute atomic E-state index is 0.179. The van der Waals surface area contributed by atoms with Gasteiger partial charge in [-0.3, -0.25) is 0 Å². The maximum atomic E-state index is 11.2. The lowest BCUT2D eigenvalue weighted by Crippen LogP contribution is -2.51. The average Bonchev–Trinajstić information content (AvgIpc) is 1.98. The van der Waals surface area contributed by atoms with E-state index in [9.17, 15) is 4.79 Å². The first kappa shape index (κ1) is 13.2. The van der Waals surface area contributed by atoms with E-state index in [0.29, 0.717) is 0 Å². The molecular formula is C9H20N2O3. The van der Waals surface area contributed by atoms with Gasteiger partial charge in [0.2, 0.25) is 0 Å². The Morgan fingerprint density at radius 2 is 1.93 bits per heavy atom. The van der Waals surface area contributed by atoms with Gasteiger partial charge in [-0.05, 0) is 27.7 Å². The molecule has 1 amide bonds. The monoisotopic (exact) mass is 204 g/mol. The molecule has 0 heterocycles. The van der Waals surface area contributed by atoms with Gasteiger partial charge in [0, 0.05) is 6.54 Å². The topological polar surface area (TPSA) is 84.6 Å². The average molecular weight is 204 g/mol. The molecule has 0 aliphatic heterocycles. The summed E-state index contributed by atoms with van der Waals surface area (Å²) < 4.78 is 4.99. The van der Waals surface area contributed by atoms with E-state index in [1.165, 1.54) is 0 Å². The summed E-state index contributed by atoms with van der Waals surface area (Å²) in [7, 11) is 0. The van der Waals surface area contributed by atoms with Crippen molar-refractivity contribution in [2.24, 2.45) is 5.73 Å². The van der Waals surface area contributed by atoms with Crippen LogP contribution in [-0.2, 0) is 4.74 Å². The molecule has 0 aromatic carbocycles. The standard InChI is InChI=1S/C9H20N2O3/c1-8(2,3)14-7(13)11-5-9(4,10)6-12/h12H,5-6,10H2,1-4H3,(H,11,13). The highest BCUT2D eigenvalue weighted by atomic mass is 16.6. The van der Waals surface area contributed by atoms with E-state index in [4.69, 9.17) is 15.6 Å². The fourth-order valence-electron chi connectivity index (χ4n) is 0.644. The number of hydrogen-bond acceptors (Lipinski definition) is 4. The Morgan fingerprint density at radius 1 is 1.43 bits per heavy atom. The van der Waals surface area contributed by atoms with Crippen molar-refractivity contribution in [3.63, 3.8) is 0 Å². The van der Waals surface area contributed by atoms with E-state index in [1.54, 1.807) is 27.7 Å². The predicted molar refractivity (Wildman–Crippen MR) is 53.9 cm³/mol. The molecule has 14 heavy (non-hydrogen) atoms. The van der Waals surface area contributed by atoms with Crippen molar-refractivity contribution < 1.29 is 14.6 Å². The largest absolute Gasteiger partial charge is 0.444 e. The number of ether oxygens (including phenoxy) is 1. The lowest BCUT2D eigenvalue weighted by molar-refractivity contribution is 0.0508. The number of carbonyl (C=O) groups is 1. The lowest BCUT2D eigenvalue weighted by Gasteiger charge is -2.24. The van der Waals surface area contributed by atoms with Crippen LogP contribution in [-0.4, -0.2) is 35.5 Å². The van der Waals surface area contributed by atoms with Gasteiger partial charge in [-0.25, -0.2) is 4.79 Å². The molecule has 0 bridgehead atoms. The Balaban J connectivity index is 3.87. The van der Waals surface area contributed by atoms with Crippen molar-refractivity contribution >= 4 is 6.09 Å². The molecule has 0 fully saturated rings. The molecule has 4 N–H and O–H groups in total. The predicted octanol–water partition coefficient (Wildman–Crippen LogP) is 0.221. The molecule has 0 saturated heterocycles. The van der Waals surface area contributed by atoms with Gasteiger partial charge in [-0.2, -0.15) is 0 Å². The summed E-state index contributed by atoms with van der Waals surface area (Å²) in [6.45, 7) is 6.96. The van der Waals surface area contributed by atoms with Crippen LogP contribution in [0.4, 0.5) is 4.79 Å². The molecule has 0 aliphatic rings. The number of aliphatic hydroxyl groups excluding tert-OH is 1. The minimum Gasteiger partial charge on any atom is -0.444 e. The third-order valence-electron chi connectivity index (χ3n) is 1.40. The summed E-state index contributed by atoms with van der Waals surface area (Å²) in [5, 5.41) is 11.3. The molecule has 0 rings (SSSR count). The summed E-state index contributed by atoms with van der Waals surface area (Å²) >= 11 is 0. The smallest absolute Gasteiger partial charge is 0.407 e. The van der Waals surface area contributed by atoms with Gasteiger partial charge in [-0.1, -0.05) is 0 Å². The second kappa shape index (κ2) is 4.61. The molecule has 0 spiro atoms. The number of rotatable bonds is 3. The Hall–Kier alpha value is -0.810. The summed E-state index contributed by atoms with van der Waals surface area (Å²) in [5.74, 6) is 0. The molecule has 5 nitrogen and oxygen atoms in total. The maximum Gasteiger partial charge on any atom is 0.407 e. The van der Waals surface area contributed by atoms with Crippen molar-refractivity contribution in [2.75, 3.05) is 13.2 Å². The second-order valence-electron chi connectivity index (χ2n) is 4.67. The zero-order valence-electron chi connectivity index (χ0n) is 9.26. The van der Waals surface area contributed by atoms with E-state index in [1.807, 2.05) is 0 Å². The zero-order chi connectivity index (χ0) is 11.4. The third kappa shape index (κ3) is 6.68. The van der Waals surface area contributed by atoms with Crippen LogP contribution < -0.4 is 11.1 Å². The van der Waals surface area contributed by atoms with Gasteiger partial charge < -0.3 is 20.9 Å². The summed E-state index contributed by atoms with van der Waals surface area (Å²) in [4.78, 5) is 11.2. The summed E-state index contributed by atoms with van der Waals surface area (Å²) in [5.41, 5.74) is 4.28. The van der Waals surface area contributed by atoms with Gasteiger partial charge in [0.1, 0.15) is 5.60 Å². The van der Waals surface area contributed by atoms with Crippen LogP contribution in [0.25, 0.3) is 0 Å². The molecule has 5 heteroatoms. The van der Waals surface area contributed by atoms with Crippen molar-refractivity contribution in [3.8, 4) is 0 Å². The van der Waals surface area contributed by atoms with Crippen molar-refractivity contribution in [1.29, 1.82) is 0 Å². The number of aliphatic hydroxyl groups is 1. The van der Waals surface area contributed by atoms with Crippen molar-refractivity contribution in [1.82, 2.24) is 5.32 Å². The van der Waals surface area contributed by atoms with E-state index in [-0.39, 0.29) is 13.2 Å². The van der Waals surface area contributed by atoms with Crippen LogP contribution >= 0.6 is 0 Å². The zero-order valence-corrected chi connectivity index (χ0v) is 9.26. The number of nitrogens with two attached hydrogens (primary N) is 1. The van der Waals surface area contributed by atoms with Crippen LogP contribution in [0, 0.1) is 0 Å². The number of alkyl carbamates (subject to hydrolysis) is 1. The molecule has 0 aliphatic carbocycles. The van der Waals surface area contributed by atoms with Crippen molar-refractivity contribution in [3.05, 3.63) is 0 Å². The highest BCUT2D eigenvalue weighted by molar-refractivity contribution is 5.67. The molecule has 1 atom stereocenters. The maximum absolute atomic E-state index is 11.2. The molecule has 0 aromatic rings. The Kier molecular flexibility index (Phi) is 4.35. The van der Waals surface area contributed by atoms with Crippen LogP contribution in [0.2, 0.25) is 0 Å². The molecular weight excluding hydrogens is 184 g/mol. The number of nitrogens with one attached hydrogen (secondary N) is 1. The Labute approximate surface area is 84.6 Å². The van der Waals surface area contributed by atoms with Crippen LogP contribution in [0.3, 0.4) is 0 Å². The SMILES string of the molecule is CC(N)(CO)CNC(=O)OC(C)(C)C. The van der Waals surface area contributed by atoms with Crippen molar-refractivity contribution in [2.45, 2.75) is 38.8 Å².